The fourth-order valence-electron chi connectivity index (χ4n) is 2.24. The first-order valence-electron chi connectivity index (χ1n) is 7.07. The molecule has 0 bridgehead atoms. The largest absolute Gasteiger partial charge is 0.496 e. The standard InChI is InChI=1S/C18H23NO/c1-13(2)16-6-8-17(9-7-16)19-12-15-5-10-18(20-4)14(3)11-15/h5-11,13,19H,12H2,1-4H3. The Kier molecular flexibility index (Phi) is 4.67. The zero-order chi connectivity index (χ0) is 14.5. The van der Waals surface area contributed by atoms with Crippen LogP contribution in [0.5, 0.6) is 5.75 Å². The van der Waals surface area contributed by atoms with Crippen molar-refractivity contribution in [3.05, 3.63) is 59.2 Å². The molecule has 0 aromatic heterocycles. The van der Waals surface area contributed by atoms with Gasteiger partial charge in [0, 0.05) is 12.2 Å². The molecule has 0 aliphatic heterocycles. The quantitative estimate of drug-likeness (QED) is 0.846. The Morgan fingerprint density at radius 2 is 1.75 bits per heavy atom. The lowest BCUT2D eigenvalue weighted by atomic mass is 10.0. The van der Waals surface area contributed by atoms with E-state index >= 15 is 0 Å². The number of anilines is 1. The summed E-state index contributed by atoms with van der Waals surface area (Å²) in [5.74, 6) is 1.52. The van der Waals surface area contributed by atoms with Crippen LogP contribution >= 0.6 is 0 Å². The highest BCUT2D eigenvalue weighted by Crippen LogP contribution is 2.20. The van der Waals surface area contributed by atoms with Crippen LogP contribution in [-0.2, 0) is 6.54 Å². The fourth-order valence-corrected chi connectivity index (χ4v) is 2.24. The molecular formula is C18H23NO. The summed E-state index contributed by atoms with van der Waals surface area (Å²) in [5.41, 5.74) is 4.96. The SMILES string of the molecule is COc1ccc(CNc2ccc(C(C)C)cc2)cc1C. The van der Waals surface area contributed by atoms with Crippen molar-refractivity contribution in [3.63, 3.8) is 0 Å². The fraction of sp³-hybridized carbons (Fsp3) is 0.333. The van der Waals surface area contributed by atoms with Gasteiger partial charge in [0.15, 0.2) is 0 Å². The summed E-state index contributed by atoms with van der Waals surface area (Å²) in [4.78, 5) is 0. The second-order valence-electron chi connectivity index (χ2n) is 5.43. The van der Waals surface area contributed by atoms with E-state index in [9.17, 15) is 0 Å². The van der Waals surface area contributed by atoms with Crippen LogP contribution in [0, 0.1) is 6.92 Å². The number of hydrogen-bond acceptors (Lipinski definition) is 2. The van der Waals surface area contributed by atoms with Gasteiger partial charge in [0.05, 0.1) is 7.11 Å². The van der Waals surface area contributed by atoms with E-state index in [2.05, 4.69) is 62.5 Å². The van der Waals surface area contributed by atoms with Crippen molar-refractivity contribution in [3.8, 4) is 5.75 Å². The van der Waals surface area contributed by atoms with Crippen LogP contribution in [0.15, 0.2) is 42.5 Å². The summed E-state index contributed by atoms with van der Waals surface area (Å²) in [6.45, 7) is 7.32. The van der Waals surface area contributed by atoms with E-state index < -0.39 is 0 Å². The Labute approximate surface area is 121 Å². The van der Waals surface area contributed by atoms with Crippen molar-refractivity contribution < 1.29 is 4.74 Å². The number of rotatable bonds is 5. The minimum absolute atomic E-state index is 0.577. The van der Waals surface area contributed by atoms with E-state index in [4.69, 9.17) is 4.74 Å². The molecule has 0 heterocycles. The normalized spacial score (nSPS) is 10.7. The highest BCUT2D eigenvalue weighted by molar-refractivity contribution is 5.46. The van der Waals surface area contributed by atoms with Crippen LogP contribution in [0.25, 0.3) is 0 Å². The van der Waals surface area contributed by atoms with Crippen molar-refractivity contribution in [2.45, 2.75) is 33.2 Å². The molecule has 0 aliphatic rings. The van der Waals surface area contributed by atoms with Gasteiger partial charge in [0.1, 0.15) is 5.75 Å². The molecule has 2 aromatic rings. The lowest BCUT2D eigenvalue weighted by Gasteiger charge is -2.11. The van der Waals surface area contributed by atoms with Crippen LogP contribution in [0.4, 0.5) is 5.69 Å². The van der Waals surface area contributed by atoms with Gasteiger partial charge in [-0.25, -0.2) is 0 Å². The maximum absolute atomic E-state index is 5.28. The monoisotopic (exact) mass is 269 g/mol. The summed E-state index contributed by atoms with van der Waals surface area (Å²) < 4.78 is 5.28. The molecule has 0 fully saturated rings. The molecule has 20 heavy (non-hydrogen) atoms. The lowest BCUT2D eigenvalue weighted by Crippen LogP contribution is -2.00. The summed E-state index contributed by atoms with van der Waals surface area (Å²) in [6.07, 6.45) is 0. The van der Waals surface area contributed by atoms with Gasteiger partial charge < -0.3 is 10.1 Å². The Hall–Kier alpha value is -1.96. The van der Waals surface area contributed by atoms with Crippen molar-refractivity contribution >= 4 is 5.69 Å². The van der Waals surface area contributed by atoms with Crippen molar-refractivity contribution in [1.29, 1.82) is 0 Å². The van der Waals surface area contributed by atoms with E-state index in [1.807, 2.05) is 6.07 Å². The second-order valence-corrected chi connectivity index (χ2v) is 5.43. The van der Waals surface area contributed by atoms with Crippen LogP contribution in [0.3, 0.4) is 0 Å². The number of ether oxygens (including phenoxy) is 1. The van der Waals surface area contributed by atoms with Gasteiger partial charge in [-0.05, 0) is 47.7 Å². The smallest absolute Gasteiger partial charge is 0.121 e. The second kappa shape index (κ2) is 6.47. The van der Waals surface area contributed by atoms with Crippen LogP contribution < -0.4 is 10.1 Å². The third-order valence-corrected chi connectivity index (χ3v) is 3.53. The zero-order valence-corrected chi connectivity index (χ0v) is 12.7. The van der Waals surface area contributed by atoms with Crippen LogP contribution in [0.2, 0.25) is 0 Å². The van der Waals surface area contributed by atoms with Gasteiger partial charge in [-0.3, -0.25) is 0 Å². The minimum atomic E-state index is 0.577. The van der Waals surface area contributed by atoms with E-state index in [1.54, 1.807) is 7.11 Å². The molecular weight excluding hydrogens is 246 g/mol. The van der Waals surface area contributed by atoms with Crippen molar-refractivity contribution in [2.75, 3.05) is 12.4 Å². The topological polar surface area (TPSA) is 21.3 Å². The Balaban J connectivity index is 1.99. The first-order chi connectivity index (χ1) is 9.60. The average molecular weight is 269 g/mol. The van der Waals surface area contributed by atoms with Gasteiger partial charge in [-0.15, -0.1) is 0 Å². The molecule has 0 atom stereocenters. The molecule has 2 aromatic carbocycles. The average Bonchev–Trinajstić information content (AvgIpc) is 2.45. The van der Waals surface area contributed by atoms with E-state index in [-0.39, 0.29) is 0 Å². The molecule has 0 saturated heterocycles. The summed E-state index contributed by atoms with van der Waals surface area (Å²) >= 11 is 0. The maximum atomic E-state index is 5.28. The Morgan fingerprint density at radius 1 is 1.05 bits per heavy atom. The number of nitrogens with one attached hydrogen (secondary N) is 1. The molecule has 2 nitrogen and oxygen atoms in total. The predicted molar refractivity (Wildman–Crippen MR) is 85.6 cm³/mol. The summed E-state index contributed by atoms with van der Waals surface area (Å²) in [5, 5.41) is 3.45. The molecule has 106 valence electrons. The van der Waals surface area contributed by atoms with Crippen molar-refractivity contribution in [2.24, 2.45) is 0 Å². The third-order valence-electron chi connectivity index (χ3n) is 3.53. The van der Waals surface area contributed by atoms with Gasteiger partial charge >= 0.3 is 0 Å². The predicted octanol–water partition coefficient (Wildman–Crippen LogP) is 4.74. The summed E-state index contributed by atoms with van der Waals surface area (Å²) in [7, 11) is 1.70. The van der Waals surface area contributed by atoms with Gasteiger partial charge in [0.25, 0.3) is 0 Å². The third kappa shape index (κ3) is 3.53. The van der Waals surface area contributed by atoms with Gasteiger partial charge in [-0.1, -0.05) is 38.1 Å². The number of benzene rings is 2. The molecule has 1 N–H and O–H groups in total. The molecule has 0 amide bonds. The van der Waals surface area contributed by atoms with Crippen LogP contribution in [-0.4, -0.2) is 7.11 Å². The molecule has 0 spiro atoms. The van der Waals surface area contributed by atoms with Crippen molar-refractivity contribution in [1.82, 2.24) is 0 Å². The van der Waals surface area contributed by atoms with E-state index in [0.29, 0.717) is 5.92 Å². The van der Waals surface area contributed by atoms with Gasteiger partial charge in [0.2, 0.25) is 0 Å². The molecule has 0 radical (unpaired) electrons. The molecule has 2 heteroatoms. The first-order valence-corrected chi connectivity index (χ1v) is 7.07. The molecule has 0 unspecified atom stereocenters. The Morgan fingerprint density at radius 3 is 2.30 bits per heavy atom. The van der Waals surface area contributed by atoms with E-state index in [0.717, 1.165) is 18.0 Å². The lowest BCUT2D eigenvalue weighted by molar-refractivity contribution is 0.411. The van der Waals surface area contributed by atoms with Gasteiger partial charge in [-0.2, -0.15) is 0 Å². The zero-order valence-electron chi connectivity index (χ0n) is 12.7. The molecule has 0 aliphatic carbocycles. The van der Waals surface area contributed by atoms with E-state index in [1.165, 1.54) is 16.7 Å². The number of methoxy groups -OCH3 is 1. The molecule has 2 rings (SSSR count). The van der Waals surface area contributed by atoms with Crippen LogP contribution in [0.1, 0.15) is 36.5 Å². The maximum Gasteiger partial charge on any atom is 0.121 e. The highest BCUT2D eigenvalue weighted by Gasteiger charge is 2.01. The summed E-state index contributed by atoms with van der Waals surface area (Å²) in [6, 6.07) is 14.9. The number of hydrogen-bond donors (Lipinski definition) is 1. The minimum Gasteiger partial charge on any atom is -0.496 e. The number of aryl methyl sites for hydroxylation is 1. The highest BCUT2D eigenvalue weighted by atomic mass is 16.5. The Bertz CT molecular complexity index is 558. The molecule has 0 saturated carbocycles. The first kappa shape index (κ1) is 14.4.